The van der Waals surface area contributed by atoms with Gasteiger partial charge in [-0.1, -0.05) is 0 Å². The van der Waals surface area contributed by atoms with Crippen LogP contribution in [0.25, 0.3) is 0 Å². The van der Waals surface area contributed by atoms with Crippen molar-refractivity contribution in [2.24, 2.45) is 0 Å². The quantitative estimate of drug-likeness (QED) is 0.832. The normalized spacial score (nSPS) is 9.84. The molecule has 0 unspecified atom stereocenters. The van der Waals surface area contributed by atoms with Gasteiger partial charge >= 0.3 is 0 Å². The number of amides is 1. The fourth-order valence-corrected chi connectivity index (χ4v) is 1.31. The Morgan fingerprint density at radius 3 is 2.58 bits per heavy atom. The van der Waals surface area contributed by atoms with E-state index < -0.39 is 17.5 Å². The number of nitrogens with one attached hydrogen (secondary N) is 1. The van der Waals surface area contributed by atoms with Crippen LogP contribution in [0.4, 0.5) is 18.9 Å². The minimum absolute atomic E-state index is 0.182. The van der Waals surface area contributed by atoms with Gasteiger partial charge < -0.3 is 10.2 Å². The average molecular weight is 271 g/mol. The molecule has 1 aromatic rings. The molecule has 102 valence electrons. The van der Waals surface area contributed by atoms with Crippen molar-refractivity contribution in [3.8, 4) is 6.07 Å². The summed E-state index contributed by atoms with van der Waals surface area (Å²) >= 11 is 0. The van der Waals surface area contributed by atoms with Gasteiger partial charge in [0.25, 0.3) is 0 Å². The van der Waals surface area contributed by atoms with Gasteiger partial charge in [-0.25, -0.2) is 13.2 Å². The molecule has 19 heavy (non-hydrogen) atoms. The molecule has 1 aromatic carbocycles. The maximum atomic E-state index is 13.2. The lowest BCUT2D eigenvalue weighted by atomic mass is 10.2. The van der Waals surface area contributed by atoms with Gasteiger partial charge in [-0.3, -0.25) is 4.79 Å². The van der Waals surface area contributed by atoms with Crippen LogP contribution in [0, 0.1) is 28.8 Å². The van der Waals surface area contributed by atoms with Crippen LogP contribution >= 0.6 is 0 Å². The number of hydrogen-bond donors (Lipinski definition) is 1. The van der Waals surface area contributed by atoms with E-state index in [0.29, 0.717) is 12.1 Å². The molecular weight excluding hydrogens is 259 g/mol. The van der Waals surface area contributed by atoms with Gasteiger partial charge in [-0.2, -0.15) is 5.26 Å². The maximum Gasteiger partial charge on any atom is 0.241 e. The van der Waals surface area contributed by atoms with Crippen LogP contribution in [0.3, 0.4) is 0 Å². The van der Waals surface area contributed by atoms with Crippen molar-refractivity contribution in [3.63, 3.8) is 0 Å². The second-order valence-corrected chi connectivity index (χ2v) is 3.82. The summed E-state index contributed by atoms with van der Waals surface area (Å²) in [5.74, 6) is -3.86. The van der Waals surface area contributed by atoms with E-state index in [-0.39, 0.29) is 31.1 Å². The second kappa shape index (κ2) is 6.64. The Hall–Kier alpha value is -2.23. The van der Waals surface area contributed by atoms with E-state index in [4.69, 9.17) is 5.26 Å². The SMILES string of the molecule is CN(CCC#N)C(=O)CNc1cc(F)c(F)cc1F. The number of benzene rings is 1. The minimum atomic E-state index is -1.29. The second-order valence-electron chi connectivity index (χ2n) is 3.82. The summed E-state index contributed by atoms with van der Waals surface area (Å²) < 4.78 is 38.8. The Morgan fingerprint density at radius 2 is 1.95 bits per heavy atom. The van der Waals surface area contributed by atoms with E-state index in [1.165, 1.54) is 11.9 Å². The Balaban J connectivity index is 2.60. The highest BCUT2D eigenvalue weighted by molar-refractivity contribution is 5.80. The minimum Gasteiger partial charge on any atom is -0.374 e. The summed E-state index contributed by atoms with van der Waals surface area (Å²) in [7, 11) is 1.49. The number of hydrogen-bond acceptors (Lipinski definition) is 3. The standard InChI is InChI=1S/C12H12F3N3O/c1-18(4-2-3-16)12(19)7-17-11-6-9(14)8(13)5-10(11)15/h5-6,17H,2,4,7H2,1H3. The summed E-state index contributed by atoms with van der Waals surface area (Å²) in [6.07, 6.45) is 0.182. The zero-order valence-electron chi connectivity index (χ0n) is 10.2. The summed E-state index contributed by atoms with van der Waals surface area (Å²) in [5.41, 5.74) is -0.291. The van der Waals surface area contributed by atoms with Crippen LogP contribution < -0.4 is 5.32 Å². The van der Waals surface area contributed by atoms with E-state index >= 15 is 0 Å². The lowest BCUT2D eigenvalue weighted by molar-refractivity contribution is -0.127. The molecule has 4 nitrogen and oxygen atoms in total. The van der Waals surface area contributed by atoms with E-state index in [2.05, 4.69) is 5.32 Å². The van der Waals surface area contributed by atoms with Gasteiger partial charge in [0, 0.05) is 25.7 Å². The molecule has 0 spiro atoms. The van der Waals surface area contributed by atoms with Crippen LogP contribution in [-0.2, 0) is 4.79 Å². The Labute approximate surface area is 108 Å². The van der Waals surface area contributed by atoms with Crippen molar-refractivity contribution in [3.05, 3.63) is 29.6 Å². The van der Waals surface area contributed by atoms with E-state index in [1.807, 2.05) is 6.07 Å². The highest BCUT2D eigenvalue weighted by Gasteiger charge is 2.12. The highest BCUT2D eigenvalue weighted by Crippen LogP contribution is 2.18. The van der Waals surface area contributed by atoms with E-state index in [1.54, 1.807) is 0 Å². The molecule has 7 heteroatoms. The third kappa shape index (κ3) is 4.17. The molecule has 0 aliphatic carbocycles. The van der Waals surface area contributed by atoms with Gasteiger partial charge in [0.05, 0.1) is 24.7 Å². The molecule has 1 amide bonds. The number of nitrogens with zero attached hydrogens (tertiary/aromatic N) is 2. The molecule has 0 radical (unpaired) electrons. The third-order valence-corrected chi connectivity index (χ3v) is 2.42. The van der Waals surface area contributed by atoms with E-state index in [0.717, 1.165) is 0 Å². The Kier molecular flexibility index (Phi) is 5.18. The van der Waals surface area contributed by atoms with E-state index in [9.17, 15) is 18.0 Å². The zero-order chi connectivity index (χ0) is 14.4. The van der Waals surface area contributed by atoms with Crippen molar-refractivity contribution in [2.45, 2.75) is 6.42 Å². The van der Waals surface area contributed by atoms with Gasteiger partial charge in [-0.05, 0) is 0 Å². The molecule has 0 saturated carbocycles. The molecule has 0 fully saturated rings. The summed E-state index contributed by atoms with van der Waals surface area (Å²) in [4.78, 5) is 12.8. The molecule has 0 aliphatic rings. The number of nitriles is 1. The van der Waals surface area contributed by atoms with Crippen LogP contribution in [0.5, 0.6) is 0 Å². The first-order valence-electron chi connectivity index (χ1n) is 5.45. The first kappa shape index (κ1) is 14.8. The van der Waals surface area contributed by atoms with Crippen molar-refractivity contribution < 1.29 is 18.0 Å². The smallest absolute Gasteiger partial charge is 0.241 e. The lowest BCUT2D eigenvalue weighted by Crippen LogP contribution is -2.33. The van der Waals surface area contributed by atoms with Crippen molar-refractivity contribution in [1.29, 1.82) is 5.26 Å². The van der Waals surface area contributed by atoms with Crippen LogP contribution in [0.15, 0.2) is 12.1 Å². The fraction of sp³-hybridized carbons (Fsp3) is 0.333. The van der Waals surface area contributed by atoms with Gasteiger partial charge in [0.2, 0.25) is 5.91 Å². The Morgan fingerprint density at radius 1 is 1.32 bits per heavy atom. The number of rotatable bonds is 5. The number of halogens is 3. The fourth-order valence-electron chi connectivity index (χ4n) is 1.31. The zero-order valence-corrected chi connectivity index (χ0v) is 10.2. The average Bonchev–Trinajstić information content (AvgIpc) is 2.38. The summed E-state index contributed by atoms with van der Waals surface area (Å²) in [6.45, 7) is -0.0266. The number of carbonyl (C=O) groups excluding carboxylic acids is 1. The lowest BCUT2D eigenvalue weighted by Gasteiger charge is -2.16. The van der Waals surface area contributed by atoms with Gasteiger partial charge in [0.15, 0.2) is 11.6 Å². The molecule has 0 aliphatic heterocycles. The van der Waals surface area contributed by atoms with Crippen molar-refractivity contribution in [1.82, 2.24) is 4.90 Å². The van der Waals surface area contributed by atoms with Crippen LogP contribution in [0.1, 0.15) is 6.42 Å². The monoisotopic (exact) mass is 271 g/mol. The summed E-state index contributed by atoms with van der Waals surface area (Å²) in [5, 5.41) is 10.7. The van der Waals surface area contributed by atoms with Crippen LogP contribution in [-0.4, -0.2) is 30.9 Å². The molecule has 0 bridgehead atoms. The highest BCUT2D eigenvalue weighted by atomic mass is 19.2. The number of carbonyl (C=O) groups is 1. The number of anilines is 1. The van der Waals surface area contributed by atoms with Crippen LogP contribution in [0.2, 0.25) is 0 Å². The molecule has 0 heterocycles. The van der Waals surface area contributed by atoms with Gasteiger partial charge in [-0.15, -0.1) is 0 Å². The molecule has 0 aromatic heterocycles. The van der Waals surface area contributed by atoms with Crippen molar-refractivity contribution in [2.75, 3.05) is 25.5 Å². The van der Waals surface area contributed by atoms with Gasteiger partial charge in [0.1, 0.15) is 5.82 Å². The first-order valence-corrected chi connectivity index (χ1v) is 5.45. The molecule has 0 saturated heterocycles. The molecule has 1 N–H and O–H groups in total. The third-order valence-electron chi connectivity index (χ3n) is 2.42. The largest absolute Gasteiger partial charge is 0.374 e. The predicted octanol–water partition coefficient (Wildman–Crippen LogP) is 1.89. The Bertz CT molecular complexity index is 514. The first-order chi connectivity index (χ1) is 8.95. The number of likely N-dealkylation sites (N-methyl/N-ethyl adjacent to an activating group) is 1. The van der Waals surface area contributed by atoms with Crippen molar-refractivity contribution >= 4 is 11.6 Å². The maximum absolute atomic E-state index is 13.2. The molecule has 0 atom stereocenters. The predicted molar refractivity (Wildman–Crippen MR) is 62.7 cm³/mol. The molecular formula is C12H12F3N3O. The summed E-state index contributed by atoms with van der Waals surface area (Å²) in [6, 6.07) is 2.93. The topological polar surface area (TPSA) is 56.1 Å². The molecule has 1 rings (SSSR count).